The van der Waals surface area contributed by atoms with Crippen molar-refractivity contribution in [1.82, 2.24) is 10.2 Å². The van der Waals surface area contributed by atoms with Gasteiger partial charge in [-0.2, -0.15) is 0 Å². The molecule has 2 heterocycles. The fourth-order valence-electron chi connectivity index (χ4n) is 3.11. The lowest BCUT2D eigenvalue weighted by atomic mass is 9.98. The summed E-state index contributed by atoms with van der Waals surface area (Å²) >= 11 is 14.9. The molecule has 2 fully saturated rings. The Hall–Kier alpha value is -1.94. The molecule has 166 valence electrons. The van der Waals surface area contributed by atoms with Crippen LogP contribution in [0, 0.1) is 0 Å². The lowest BCUT2D eigenvalue weighted by Gasteiger charge is -2.51. The first kappa shape index (κ1) is 23.7. The number of hydrogen-bond acceptors (Lipinski definition) is 7. The zero-order valence-corrected chi connectivity index (χ0v) is 18.7. The molecule has 0 saturated carbocycles. The third-order valence-corrected chi connectivity index (χ3v) is 6.38. The first-order chi connectivity index (χ1) is 14.6. The van der Waals surface area contributed by atoms with Gasteiger partial charge in [-0.25, -0.2) is 9.59 Å². The average molecular weight is 510 g/mol. The van der Waals surface area contributed by atoms with Gasteiger partial charge in [-0.15, -0.1) is 0 Å². The van der Waals surface area contributed by atoms with Crippen LogP contribution in [0.25, 0.3) is 0 Å². The molecule has 2 saturated heterocycles. The fraction of sp³-hybridized carbons (Fsp3) is 0.389. The number of halogens is 3. The Balaban J connectivity index is 1.67. The second-order valence-electron chi connectivity index (χ2n) is 6.56. The van der Waals surface area contributed by atoms with E-state index in [1.54, 1.807) is 30.3 Å². The van der Waals surface area contributed by atoms with Gasteiger partial charge in [0, 0.05) is 0 Å². The first-order valence-corrected chi connectivity index (χ1v) is 11.3. The van der Waals surface area contributed by atoms with E-state index in [0.717, 1.165) is 4.90 Å². The molecule has 3 unspecified atom stereocenters. The fourth-order valence-corrected chi connectivity index (χ4v) is 4.94. The number of carbonyl (C=O) groups is 3. The molecule has 9 nitrogen and oxygen atoms in total. The zero-order valence-electron chi connectivity index (χ0n) is 15.6. The predicted octanol–water partition coefficient (Wildman–Crippen LogP) is 0.521. The van der Waals surface area contributed by atoms with Crippen molar-refractivity contribution >= 4 is 69.7 Å². The maximum absolute atomic E-state index is 12.6. The van der Waals surface area contributed by atoms with Crippen molar-refractivity contribution in [3.05, 3.63) is 35.9 Å². The van der Waals surface area contributed by atoms with Crippen LogP contribution < -0.4 is 10.1 Å². The average Bonchev–Trinajstić information content (AvgIpc) is 2.73. The Bertz CT molecular complexity index is 920. The SMILES string of the molecule is O=C=C1C[S+]([O-])[C@@H]2C(NC(=O)COc3ccccc3)C(=O)N2C1C(=O)OCC(Cl)(Cl)Cl. The van der Waals surface area contributed by atoms with Gasteiger partial charge < -0.3 is 19.3 Å². The number of benzene rings is 1. The van der Waals surface area contributed by atoms with E-state index in [1.807, 2.05) is 0 Å². The number of hydrogen-bond donors (Lipinski definition) is 1. The van der Waals surface area contributed by atoms with Crippen LogP contribution in [0.15, 0.2) is 35.9 Å². The van der Waals surface area contributed by atoms with Crippen LogP contribution in [0.3, 0.4) is 0 Å². The summed E-state index contributed by atoms with van der Waals surface area (Å²) in [6.07, 6.45) is 0. The second kappa shape index (κ2) is 9.68. The molecular weight excluding hydrogens is 495 g/mol. The number of amides is 2. The molecule has 13 heteroatoms. The van der Waals surface area contributed by atoms with Crippen molar-refractivity contribution in [2.75, 3.05) is 19.0 Å². The van der Waals surface area contributed by atoms with E-state index in [9.17, 15) is 23.7 Å². The molecule has 2 aliphatic heterocycles. The maximum atomic E-state index is 12.6. The lowest BCUT2D eigenvalue weighted by molar-refractivity contribution is -0.163. The molecule has 1 aromatic rings. The number of β-lactam (4-membered cyclic amide) rings is 1. The standard InChI is InChI=1S/C18H15Cl3N2O7S/c19-18(20,21)9-30-17(27)14-10(6-24)8-31(28)16-13(15(26)23(14)16)22-12(25)7-29-11-4-2-1-3-5-11/h1-5,13-14,16H,7-9H2,(H,22,25)/t13?,14?,16-,31?/m1/s1. The van der Waals surface area contributed by atoms with Gasteiger partial charge in [0.1, 0.15) is 24.1 Å². The number of rotatable bonds is 6. The summed E-state index contributed by atoms with van der Waals surface area (Å²) in [4.78, 5) is 49.5. The van der Waals surface area contributed by atoms with E-state index in [0.29, 0.717) is 5.75 Å². The van der Waals surface area contributed by atoms with Crippen LogP contribution in [0.4, 0.5) is 0 Å². The largest absolute Gasteiger partial charge is 0.614 e. The predicted molar refractivity (Wildman–Crippen MR) is 112 cm³/mol. The number of carbonyl (C=O) groups excluding carboxylic acids is 4. The van der Waals surface area contributed by atoms with E-state index >= 15 is 0 Å². The topological polar surface area (TPSA) is 125 Å². The molecule has 2 amide bonds. The Kier molecular flexibility index (Phi) is 7.41. The summed E-state index contributed by atoms with van der Waals surface area (Å²) in [5.41, 5.74) is -0.227. The van der Waals surface area contributed by atoms with Crippen LogP contribution in [0.2, 0.25) is 0 Å². The summed E-state index contributed by atoms with van der Waals surface area (Å²) in [6, 6.07) is 5.93. The number of ether oxygens (including phenoxy) is 2. The van der Waals surface area contributed by atoms with E-state index in [1.165, 1.54) is 5.94 Å². The van der Waals surface area contributed by atoms with E-state index in [4.69, 9.17) is 44.3 Å². The van der Waals surface area contributed by atoms with Gasteiger partial charge in [0.15, 0.2) is 18.7 Å². The van der Waals surface area contributed by atoms with Gasteiger partial charge in [-0.05, 0) is 23.3 Å². The highest BCUT2D eigenvalue weighted by atomic mass is 35.6. The third kappa shape index (κ3) is 5.46. The minimum atomic E-state index is -1.90. The van der Waals surface area contributed by atoms with Crippen LogP contribution >= 0.6 is 34.8 Å². The summed E-state index contributed by atoms with van der Waals surface area (Å²) < 4.78 is 20.8. The van der Waals surface area contributed by atoms with Gasteiger partial charge in [-0.1, -0.05) is 53.0 Å². The summed E-state index contributed by atoms with van der Waals surface area (Å²) in [6.45, 7) is -0.993. The quantitative estimate of drug-likeness (QED) is 0.195. The van der Waals surface area contributed by atoms with Gasteiger partial charge in [0.05, 0.1) is 5.57 Å². The van der Waals surface area contributed by atoms with Crippen molar-refractivity contribution < 1.29 is 33.2 Å². The summed E-state index contributed by atoms with van der Waals surface area (Å²) in [7, 11) is 0. The Labute approximate surface area is 194 Å². The number of nitrogens with one attached hydrogen (secondary N) is 1. The highest BCUT2D eigenvalue weighted by Crippen LogP contribution is 2.37. The zero-order chi connectivity index (χ0) is 22.8. The van der Waals surface area contributed by atoms with Crippen LogP contribution in [-0.2, 0) is 35.1 Å². The van der Waals surface area contributed by atoms with Crippen LogP contribution in [-0.4, -0.2) is 73.4 Å². The highest BCUT2D eigenvalue weighted by Gasteiger charge is 2.63. The monoisotopic (exact) mass is 508 g/mol. The molecule has 0 radical (unpaired) electrons. The summed E-state index contributed by atoms with van der Waals surface area (Å²) in [5, 5.41) is 1.41. The normalized spacial score (nSPS) is 25.1. The summed E-state index contributed by atoms with van der Waals surface area (Å²) in [5.74, 6) is -0.693. The van der Waals surface area contributed by atoms with E-state index < -0.39 is 56.8 Å². The Morgan fingerprint density at radius 2 is 1.97 bits per heavy atom. The molecule has 0 aromatic heterocycles. The highest BCUT2D eigenvalue weighted by molar-refractivity contribution is 7.92. The molecular formula is C18H15Cl3N2O7S. The molecule has 0 spiro atoms. The molecule has 0 aliphatic carbocycles. The van der Waals surface area contributed by atoms with Crippen molar-refractivity contribution in [2.45, 2.75) is 21.3 Å². The van der Waals surface area contributed by atoms with E-state index in [2.05, 4.69) is 5.32 Å². The minimum Gasteiger partial charge on any atom is -0.614 e. The lowest BCUT2D eigenvalue weighted by Crippen LogP contribution is -2.79. The van der Waals surface area contributed by atoms with E-state index in [-0.39, 0.29) is 17.9 Å². The number of alkyl halides is 3. The molecule has 0 bridgehead atoms. The number of esters is 1. The van der Waals surface area contributed by atoms with Crippen molar-refractivity contribution in [3.8, 4) is 5.75 Å². The number of para-hydroxylation sites is 1. The molecule has 2 aliphatic rings. The number of nitrogens with zero attached hydrogens (tertiary/aromatic N) is 1. The second-order valence-corrected chi connectivity index (χ2v) is 10.6. The van der Waals surface area contributed by atoms with Crippen LogP contribution in [0.1, 0.15) is 0 Å². The molecule has 3 rings (SSSR count). The third-order valence-electron chi connectivity index (χ3n) is 4.42. The maximum Gasteiger partial charge on any atom is 0.334 e. The first-order valence-electron chi connectivity index (χ1n) is 8.76. The van der Waals surface area contributed by atoms with Crippen molar-refractivity contribution in [3.63, 3.8) is 0 Å². The smallest absolute Gasteiger partial charge is 0.334 e. The molecule has 31 heavy (non-hydrogen) atoms. The minimum absolute atomic E-state index is 0.227. The number of fused-ring (bicyclic) bond motifs is 1. The molecule has 1 N–H and O–H groups in total. The Morgan fingerprint density at radius 1 is 1.29 bits per heavy atom. The molecule has 4 atom stereocenters. The van der Waals surface area contributed by atoms with Gasteiger partial charge in [0.2, 0.25) is 9.17 Å². The Morgan fingerprint density at radius 3 is 2.58 bits per heavy atom. The van der Waals surface area contributed by atoms with Gasteiger partial charge in [0.25, 0.3) is 11.8 Å². The van der Waals surface area contributed by atoms with Crippen molar-refractivity contribution in [2.24, 2.45) is 0 Å². The molecule has 1 aromatic carbocycles. The van der Waals surface area contributed by atoms with Crippen LogP contribution in [0.5, 0.6) is 5.75 Å². The van der Waals surface area contributed by atoms with Gasteiger partial charge in [-0.3, -0.25) is 14.5 Å². The van der Waals surface area contributed by atoms with Crippen molar-refractivity contribution in [1.29, 1.82) is 0 Å². The van der Waals surface area contributed by atoms with Gasteiger partial charge >= 0.3 is 5.97 Å².